The lowest BCUT2D eigenvalue weighted by atomic mass is 10.1. The molecule has 0 fully saturated rings. The molecule has 0 unspecified atom stereocenters. The lowest BCUT2D eigenvalue weighted by Crippen LogP contribution is -2.23. The third-order valence-electron chi connectivity index (χ3n) is 3.78. The van der Waals surface area contributed by atoms with Crippen LogP contribution in [0.25, 0.3) is 0 Å². The molecule has 0 atom stereocenters. The number of amides is 1. The highest BCUT2D eigenvalue weighted by atomic mass is 35.5. The maximum Gasteiger partial charge on any atom is 0.251 e. The summed E-state index contributed by atoms with van der Waals surface area (Å²) in [6.45, 7) is 0.480. The van der Waals surface area contributed by atoms with E-state index in [-0.39, 0.29) is 5.91 Å². The normalized spacial score (nSPS) is 10.1. The van der Waals surface area contributed by atoms with Crippen LogP contribution < -0.4 is 16.0 Å². The van der Waals surface area contributed by atoms with Gasteiger partial charge < -0.3 is 16.0 Å². The number of thiocarbonyl (C=S) groups is 1. The van der Waals surface area contributed by atoms with E-state index in [1.165, 1.54) is 0 Å². The highest BCUT2D eigenvalue weighted by Crippen LogP contribution is 2.15. The summed E-state index contributed by atoms with van der Waals surface area (Å²) < 4.78 is 0. The van der Waals surface area contributed by atoms with Crippen molar-refractivity contribution in [3.63, 3.8) is 0 Å². The van der Waals surface area contributed by atoms with Crippen LogP contribution in [-0.2, 0) is 6.54 Å². The maximum absolute atomic E-state index is 12.4. The molecular weight excluding hydrogens is 378 g/mol. The average molecular weight is 396 g/mol. The molecule has 27 heavy (non-hydrogen) atoms. The van der Waals surface area contributed by atoms with Crippen molar-refractivity contribution in [3.05, 3.63) is 95.0 Å². The summed E-state index contributed by atoms with van der Waals surface area (Å²) in [7, 11) is 0. The molecule has 0 aliphatic carbocycles. The molecule has 0 aliphatic rings. The van der Waals surface area contributed by atoms with Crippen LogP contribution in [0.1, 0.15) is 15.9 Å². The summed E-state index contributed by atoms with van der Waals surface area (Å²) in [4.78, 5) is 12.4. The van der Waals surface area contributed by atoms with Gasteiger partial charge in [-0.1, -0.05) is 48.0 Å². The molecule has 3 aromatic carbocycles. The van der Waals surface area contributed by atoms with Crippen LogP contribution in [0.3, 0.4) is 0 Å². The average Bonchev–Trinajstić information content (AvgIpc) is 2.69. The van der Waals surface area contributed by atoms with Gasteiger partial charge in [0.2, 0.25) is 0 Å². The van der Waals surface area contributed by atoms with E-state index in [9.17, 15) is 4.79 Å². The summed E-state index contributed by atoms with van der Waals surface area (Å²) >= 11 is 11.2. The van der Waals surface area contributed by atoms with Crippen LogP contribution in [0.15, 0.2) is 78.9 Å². The molecule has 6 heteroatoms. The first-order valence-electron chi connectivity index (χ1n) is 8.36. The largest absolute Gasteiger partial charge is 0.348 e. The van der Waals surface area contributed by atoms with Crippen LogP contribution in [0.2, 0.25) is 5.02 Å². The molecule has 3 N–H and O–H groups in total. The van der Waals surface area contributed by atoms with E-state index in [4.69, 9.17) is 23.8 Å². The second-order valence-corrected chi connectivity index (χ2v) is 6.68. The van der Waals surface area contributed by atoms with Gasteiger partial charge in [-0.25, -0.2) is 0 Å². The fourth-order valence-electron chi connectivity index (χ4n) is 2.45. The van der Waals surface area contributed by atoms with Crippen molar-refractivity contribution in [1.82, 2.24) is 5.32 Å². The number of carbonyl (C=O) groups is 1. The van der Waals surface area contributed by atoms with Crippen LogP contribution in [0, 0.1) is 0 Å². The van der Waals surface area contributed by atoms with Gasteiger partial charge in [0.25, 0.3) is 5.91 Å². The van der Waals surface area contributed by atoms with Gasteiger partial charge in [-0.05, 0) is 60.2 Å². The molecule has 0 saturated carbocycles. The van der Waals surface area contributed by atoms with E-state index in [1.807, 2.05) is 54.6 Å². The number of hydrogen-bond donors (Lipinski definition) is 3. The van der Waals surface area contributed by atoms with Crippen molar-refractivity contribution in [2.75, 3.05) is 10.6 Å². The van der Waals surface area contributed by atoms with Crippen molar-refractivity contribution in [2.45, 2.75) is 6.54 Å². The zero-order valence-corrected chi connectivity index (χ0v) is 16.0. The Kier molecular flexibility index (Phi) is 6.41. The number of halogens is 1. The van der Waals surface area contributed by atoms with E-state index in [0.29, 0.717) is 22.2 Å². The lowest BCUT2D eigenvalue weighted by molar-refractivity contribution is 0.0951. The fourth-order valence-corrected chi connectivity index (χ4v) is 2.81. The highest BCUT2D eigenvalue weighted by molar-refractivity contribution is 7.80. The Morgan fingerprint density at radius 2 is 1.56 bits per heavy atom. The van der Waals surface area contributed by atoms with Crippen molar-refractivity contribution in [1.29, 1.82) is 0 Å². The van der Waals surface area contributed by atoms with Crippen LogP contribution in [-0.4, -0.2) is 11.0 Å². The number of carbonyl (C=O) groups excluding carboxylic acids is 1. The van der Waals surface area contributed by atoms with Crippen molar-refractivity contribution >= 4 is 46.2 Å². The monoisotopic (exact) mass is 395 g/mol. The van der Waals surface area contributed by atoms with Gasteiger partial charge in [-0.2, -0.15) is 0 Å². The first kappa shape index (κ1) is 18.9. The minimum atomic E-state index is -0.140. The summed E-state index contributed by atoms with van der Waals surface area (Å²) in [5.41, 5.74) is 3.17. The third-order valence-corrected chi connectivity index (χ3v) is 4.24. The molecule has 0 saturated heterocycles. The number of nitrogens with one attached hydrogen (secondary N) is 3. The number of anilines is 2. The first-order valence-corrected chi connectivity index (χ1v) is 9.14. The predicted molar refractivity (Wildman–Crippen MR) is 115 cm³/mol. The zero-order chi connectivity index (χ0) is 19.1. The summed E-state index contributed by atoms with van der Waals surface area (Å²) in [5.74, 6) is -0.140. The molecule has 4 nitrogen and oxygen atoms in total. The van der Waals surface area contributed by atoms with Gasteiger partial charge in [-0.15, -0.1) is 0 Å². The number of benzene rings is 3. The Morgan fingerprint density at radius 1 is 0.852 bits per heavy atom. The third kappa shape index (κ3) is 5.81. The SMILES string of the molecule is O=C(NCc1ccccc1)c1cccc(NC(=S)Nc2ccc(Cl)cc2)c1. The van der Waals surface area contributed by atoms with Gasteiger partial charge in [0.15, 0.2) is 5.11 Å². The Labute approximate surface area is 168 Å². The topological polar surface area (TPSA) is 53.2 Å². The van der Waals surface area contributed by atoms with E-state index in [0.717, 1.165) is 16.9 Å². The molecular formula is C21H18ClN3OS. The Hall–Kier alpha value is -2.89. The molecule has 0 aromatic heterocycles. The summed E-state index contributed by atoms with van der Waals surface area (Å²) in [5, 5.41) is 10.2. The van der Waals surface area contributed by atoms with E-state index in [1.54, 1.807) is 24.3 Å². The standard InChI is InChI=1S/C21H18ClN3OS/c22-17-9-11-18(12-10-17)24-21(27)25-19-8-4-7-16(13-19)20(26)23-14-15-5-2-1-3-6-15/h1-13H,14H2,(H,23,26)(H2,24,25,27). The van der Waals surface area contributed by atoms with Gasteiger partial charge in [0.05, 0.1) is 0 Å². The Bertz CT molecular complexity index is 930. The quantitative estimate of drug-likeness (QED) is 0.527. The zero-order valence-electron chi connectivity index (χ0n) is 14.4. The molecule has 3 rings (SSSR count). The van der Waals surface area contributed by atoms with Gasteiger partial charge in [0.1, 0.15) is 0 Å². The molecule has 136 valence electrons. The number of hydrogen-bond acceptors (Lipinski definition) is 2. The summed E-state index contributed by atoms with van der Waals surface area (Å²) in [6, 6.07) is 24.2. The van der Waals surface area contributed by atoms with Crippen molar-refractivity contribution in [3.8, 4) is 0 Å². The molecule has 3 aromatic rings. The lowest BCUT2D eigenvalue weighted by Gasteiger charge is -2.12. The van der Waals surface area contributed by atoms with Crippen molar-refractivity contribution < 1.29 is 4.79 Å². The van der Waals surface area contributed by atoms with E-state index >= 15 is 0 Å². The second kappa shape index (κ2) is 9.16. The fraction of sp³-hybridized carbons (Fsp3) is 0.0476. The van der Waals surface area contributed by atoms with Gasteiger partial charge >= 0.3 is 0 Å². The minimum absolute atomic E-state index is 0.140. The summed E-state index contributed by atoms with van der Waals surface area (Å²) in [6.07, 6.45) is 0. The van der Waals surface area contributed by atoms with Crippen LogP contribution >= 0.6 is 23.8 Å². The Balaban J connectivity index is 1.58. The molecule has 1 amide bonds. The maximum atomic E-state index is 12.4. The van der Waals surface area contributed by atoms with Crippen molar-refractivity contribution in [2.24, 2.45) is 0 Å². The first-order chi connectivity index (χ1) is 13.1. The molecule has 0 bridgehead atoms. The van der Waals surface area contributed by atoms with E-state index < -0.39 is 0 Å². The molecule has 0 aliphatic heterocycles. The molecule has 0 heterocycles. The Morgan fingerprint density at radius 3 is 2.30 bits per heavy atom. The van der Waals surface area contributed by atoms with Gasteiger partial charge in [-0.3, -0.25) is 4.79 Å². The smallest absolute Gasteiger partial charge is 0.251 e. The second-order valence-electron chi connectivity index (χ2n) is 5.84. The minimum Gasteiger partial charge on any atom is -0.348 e. The molecule has 0 radical (unpaired) electrons. The van der Waals surface area contributed by atoms with Gasteiger partial charge in [0, 0.05) is 28.5 Å². The predicted octanol–water partition coefficient (Wildman–Crippen LogP) is 5.08. The van der Waals surface area contributed by atoms with Crippen LogP contribution in [0.4, 0.5) is 11.4 Å². The van der Waals surface area contributed by atoms with Crippen LogP contribution in [0.5, 0.6) is 0 Å². The van der Waals surface area contributed by atoms with E-state index in [2.05, 4.69) is 16.0 Å². The highest BCUT2D eigenvalue weighted by Gasteiger charge is 2.07. The number of rotatable bonds is 5. The molecule has 0 spiro atoms.